The molecule has 2 aromatic heterocycles. The van der Waals surface area contributed by atoms with E-state index in [4.69, 9.17) is 5.73 Å². The summed E-state index contributed by atoms with van der Waals surface area (Å²) in [5, 5.41) is 4.36. The zero-order valence-corrected chi connectivity index (χ0v) is 10.6. The lowest BCUT2D eigenvalue weighted by Crippen LogP contribution is -1.94. The van der Waals surface area contributed by atoms with E-state index in [2.05, 4.69) is 10.1 Å². The Hall–Kier alpha value is -2.62. The van der Waals surface area contributed by atoms with Crippen LogP contribution >= 0.6 is 0 Å². The lowest BCUT2D eigenvalue weighted by Gasteiger charge is -2.02. The normalized spacial score (nSPS) is 10.6. The standard InChI is InChI=1S/C15H14N4/c1-11-14(16)7-8-15(18-11)12-9-17-19(10-12)13-5-3-2-4-6-13/h2-10H,16H2,1H3. The summed E-state index contributed by atoms with van der Waals surface area (Å²) in [7, 11) is 0. The van der Waals surface area contributed by atoms with Gasteiger partial charge in [0.25, 0.3) is 0 Å². The quantitative estimate of drug-likeness (QED) is 0.760. The number of rotatable bonds is 2. The summed E-state index contributed by atoms with van der Waals surface area (Å²) in [4.78, 5) is 4.47. The second kappa shape index (κ2) is 4.57. The first-order valence-corrected chi connectivity index (χ1v) is 6.07. The fraction of sp³-hybridized carbons (Fsp3) is 0.0667. The van der Waals surface area contributed by atoms with Gasteiger partial charge in [-0.15, -0.1) is 0 Å². The Morgan fingerprint density at radius 1 is 1.05 bits per heavy atom. The minimum absolute atomic E-state index is 0.708. The molecular weight excluding hydrogens is 236 g/mol. The van der Waals surface area contributed by atoms with E-state index in [1.165, 1.54) is 0 Å². The number of para-hydroxylation sites is 1. The van der Waals surface area contributed by atoms with Crippen molar-refractivity contribution in [3.8, 4) is 16.9 Å². The van der Waals surface area contributed by atoms with Gasteiger partial charge in [0.15, 0.2) is 0 Å². The molecule has 0 radical (unpaired) electrons. The maximum atomic E-state index is 5.78. The molecule has 0 atom stereocenters. The first kappa shape index (κ1) is 11.5. The van der Waals surface area contributed by atoms with Gasteiger partial charge in [-0.25, -0.2) is 4.68 Å². The van der Waals surface area contributed by atoms with E-state index in [1.54, 1.807) is 0 Å². The largest absolute Gasteiger partial charge is 0.397 e. The number of nitrogens with two attached hydrogens (primary N) is 1. The number of nitrogen functional groups attached to an aromatic ring is 1. The zero-order chi connectivity index (χ0) is 13.2. The summed E-state index contributed by atoms with van der Waals surface area (Å²) in [6.45, 7) is 1.90. The van der Waals surface area contributed by atoms with Gasteiger partial charge in [-0.1, -0.05) is 18.2 Å². The molecule has 0 saturated heterocycles. The van der Waals surface area contributed by atoms with Gasteiger partial charge in [0.2, 0.25) is 0 Å². The third-order valence-corrected chi connectivity index (χ3v) is 3.03. The summed E-state index contributed by atoms with van der Waals surface area (Å²) in [6, 6.07) is 13.8. The number of hydrogen-bond acceptors (Lipinski definition) is 3. The van der Waals surface area contributed by atoms with E-state index in [0.717, 1.165) is 22.6 Å². The smallest absolute Gasteiger partial charge is 0.0738 e. The highest BCUT2D eigenvalue weighted by Crippen LogP contribution is 2.20. The molecule has 4 heteroatoms. The number of benzene rings is 1. The average molecular weight is 250 g/mol. The lowest BCUT2D eigenvalue weighted by molar-refractivity contribution is 0.880. The minimum Gasteiger partial charge on any atom is -0.397 e. The van der Waals surface area contributed by atoms with Gasteiger partial charge >= 0.3 is 0 Å². The van der Waals surface area contributed by atoms with Gasteiger partial charge in [0, 0.05) is 11.8 Å². The number of anilines is 1. The molecule has 94 valence electrons. The third kappa shape index (κ3) is 2.20. The molecule has 2 N–H and O–H groups in total. The minimum atomic E-state index is 0.708. The molecule has 19 heavy (non-hydrogen) atoms. The molecule has 1 aromatic carbocycles. The number of aryl methyl sites for hydroxylation is 1. The van der Waals surface area contributed by atoms with E-state index in [0.29, 0.717) is 5.69 Å². The Kier molecular flexibility index (Phi) is 2.76. The van der Waals surface area contributed by atoms with Gasteiger partial charge in [-0.3, -0.25) is 4.98 Å². The SMILES string of the molecule is Cc1nc(-c2cnn(-c3ccccc3)c2)ccc1N. The summed E-state index contributed by atoms with van der Waals surface area (Å²) in [5.74, 6) is 0. The molecule has 0 fully saturated rings. The Morgan fingerprint density at radius 3 is 2.58 bits per heavy atom. The molecule has 0 aliphatic heterocycles. The van der Waals surface area contributed by atoms with Crippen molar-refractivity contribution < 1.29 is 0 Å². The number of hydrogen-bond donors (Lipinski definition) is 1. The van der Waals surface area contributed by atoms with Crippen LogP contribution in [0.1, 0.15) is 5.69 Å². The highest BCUT2D eigenvalue weighted by Gasteiger charge is 2.05. The predicted octanol–water partition coefficient (Wildman–Crippen LogP) is 2.82. The Bertz CT molecular complexity index is 701. The number of pyridine rings is 1. The van der Waals surface area contributed by atoms with Crippen molar-refractivity contribution in [2.75, 3.05) is 5.73 Å². The van der Waals surface area contributed by atoms with Crippen molar-refractivity contribution in [1.29, 1.82) is 0 Å². The second-order valence-electron chi connectivity index (χ2n) is 4.38. The van der Waals surface area contributed by atoms with Crippen molar-refractivity contribution in [2.45, 2.75) is 6.92 Å². The fourth-order valence-electron chi connectivity index (χ4n) is 1.91. The summed E-state index contributed by atoms with van der Waals surface area (Å²) in [6.07, 6.45) is 3.78. The van der Waals surface area contributed by atoms with Crippen molar-refractivity contribution in [2.24, 2.45) is 0 Å². The summed E-state index contributed by atoms with van der Waals surface area (Å²) < 4.78 is 1.84. The van der Waals surface area contributed by atoms with Crippen LogP contribution < -0.4 is 5.73 Å². The van der Waals surface area contributed by atoms with Gasteiger partial charge in [0.05, 0.1) is 29.0 Å². The lowest BCUT2D eigenvalue weighted by atomic mass is 10.2. The molecule has 0 saturated carbocycles. The van der Waals surface area contributed by atoms with Gasteiger partial charge in [-0.05, 0) is 31.2 Å². The number of aromatic nitrogens is 3. The van der Waals surface area contributed by atoms with E-state index >= 15 is 0 Å². The highest BCUT2D eigenvalue weighted by molar-refractivity contribution is 5.61. The van der Waals surface area contributed by atoms with E-state index in [-0.39, 0.29) is 0 Å². The molecule has 2 heterocycles. The van der Waals surface area contributed by atoms with Crippen LogP contribution in [0.5, 0.6) is 0 Å². The fourth-order valence-corrected chi connectivity index (χ4v) is 1.91. The van der Waals surface area contributed by atoms with Gasteiger partial charge < -0.3 is 5.73 Å². The van der Waals surface area contributed by atoms with Crippen LogP contribution in [0.15, 0.2) is 54.9 Å². The molecule has 0 unspecified atom stereocenters. The van der Waals surface area contributed by atoms with E-state index in [1.807, 2.05) is 66.5 Å². The molecule has 4 nitrogen and oxygen atoms in total. The molecule has 0 aliphatic rings. The molecular formula is C15H14N4. The van der Waals surface area contributed by atoms with Crippen molar-refractivity contribution >= 4 is 5.69 Å². The zero-order valence-electron chi connectivity index (χ0n) is 10.6. The molecule has 0 amide bonds. The monoisotopic (exact) mass is 250 g/mol. The molecule has 0 aliphatic carbocycles. The highest BCUT2D eigenvalue weighted by atomic mass is 15.3. The predicted molar refractivity (Wildman–Crippen MR) is 75.9 cm³/mol. The van der Waals surface area contributed by atoms with Crippen molar-refractivity contribution in [3.05, 3.63) is 60.6 Å². The first-order chi connectivity index (χ1) is 9.24. The van der Waals surface area contributed by atoms with E-state index < -0.39 is 0 Å². The first-order valence-electron chi connectivity index (χ1n) is 6.07. The molecule has 0 spiro atoms. The molecule has 3 aromatic rings. The molecule has 3 rings (SSSR count). The topological polar surface area (TPSA) is 56.7 Å². The van der Waals surface area contributed by atoms with Gasteiger partial charge in [-0.2, -0.15) is 5.10 Å². The summed E-state index contributed by atoms with van der Waals surface area (Å²) in [5.41, 5.74) is 10.2. The second-order valence-corrected chi connectivity index (χ2v) is 4.38. The van der Waals surface area contributed by atoms with Crippen LogP contribution in [0.3, 0.4) is 0 Å². The number of nitrogens with zero attached hydrogens (tertiary/aromatic N) is 3. The Labute approximate surface area is 111 Å². The van der Waals surface area contributed by atoms with Crippen LogP contribution in [-0.2, 0) is 0 Å². The maximum Gasteiger partial charge on any atom is 0.0738 e. The van der Waals surface area contributed by atoms with Gasteiger partial charge in [0.1, 0.15) is 0 Å². The van der Waals surface area contributed by atoms with Crippen LogP contribution in [0.25, 0.3) is 16.9 Å². The van der Waals surface area contributed by atoms with Crippen LogP contribution in [0.2, 0.25) is 0 Å². The van der Waals surface area contributed by atoms with Crippen LogP contribution in [0, 0.1) is 6.92 Å². The van der Waals surface area contributed by atoms with E-state index in [9.17, 15) is 0 Å². The Balaban J connectivity index is 1.99. The Morgan fingerprint density at radius 2 is 1.84 bits per heavy atom. The van der Waals surface area contributed by atoms with Crippen LogP contribution in [0.4, 0.5) is 5.69 Å². The summed E-state index contributed by atoms with van der Waals surface area (Å²) >= 11 is 0. The third-order valence-electron chi connectivity index (χ3n) is 3.03. The van der Waals surface area contributed by atoms with Crippen molar-refractivity contribution in [1.82, 2.24) is 14.8 Å². The molecule has 0 bridgehead atoms. The van der Waals surface area contributed by atoms with Crippen LogP contribution in [-0.4, -0.2) is 14.8 Å². The van der Waals surface area contributed by atoms with Crippen molar-refractivity contribution in [3.63, 3.8) is 0 Å². The average Bonchev–Trinajstić information content (AvgIpc) is 2.93. The maximum absolute atomic E-state index is 5.78.